The first-order valence-corrected chi connectivity index (χ1v) is 6.55. The Bertz CT molecular complexity index is 521. The number of fused-ring (bicyclic) bond motifs is 1. The van der Waals surface area contributed by atoms with E-state index >= 15 is 0 Å². The molecule has 0 spiro atoms. The Kier molecular flexibility index (Phi) is 4.32. The second-order valence-corrected chi connectivity index (χ2v) is 4.86. The minimum Gasteiger partial charge on any atom is -0.317 e. The molecular formula is C16H20FN. The number of halogens is 1. The predicted octanol–water partition coefficient (Wildman–Crippen LogP) is 3.91. The number of hydrogen-bond donors (Lipinski definition) is 1. The van der Waals surface area contributed by atoms with Crippen LogP contribution in [-0.4, -0.2) is 13.1 Å². The zero-order valence-electron chi connectivity index (χ0n) is 11.0. The van der Waals surface area contributed by atoms with Crippen molar-refractivity contribution in [1.82, 2.24) is 5.32 Å². The van der Waals surface area contributed by atoms with Gasteiger partial charge in [0.2, 0.25) is 0 Å². The molecule has 0 radical (unpaired) electrons. The maximum atomic E-state index is 13.3. The summed E-state index contributed by atoms with van der Waals surface area (Å²) < 4.78 is 13.3. The van der Waals surface area contributed by atoms with Crippen LogP contribution in [0.5, 0.6) is 0 Å². The summed E-state index contributed by atoms with van der Waals surface area (Å²) in [6, 6.07) is 11.8. The molecule has 0 aromatic heterocycles. The molecule has 0 saturated heterocycles. The van der Waals surface area contributed by atoms with Crippen LogP contribution < -0.4 is 5.32 Å². The Balaban J connectivity index is 2.15. The summed E-state index contributed by atoms with van der Waals surface area (Å²) in [7, 11) is 1.98. The van der Waals surface area contributed by atoms with Crippen molar-refractivity contribution < 1.29 is 4.39 Å². The van der Waals surface area contributed by atoms with Gasteiger partial charge in [-0.3, -0.25) is 0 Å². The van der Waals surface area contributed by atoms with Crippen molar-refractivity contribution >= 4 is 10.8 Å². The molecule has 2 heteroatoms. The van der Waals surface area contributed by atoms with Gasteiger partial charge in [0.15, 0.2) is 0 Å². The summed E-state index contributed by atoms with van der Waals surface area (Å²) in [5.41, 5.74) is 1.25. The summed E-state index contributed by atoms with van der Waals surface area (Å²) in [6.45, 7) is 2.18. The lowest BCUT2D eigenvalue weighted by Gasteiger charge is -2.11. The fourth-order valence-electron chi connectivity index (χ4n) is 2.27. The van der Waals surface area contributed by atoms with E-state index in [-0.39, 0.29) is 5.82 Å². The molecule has 1 unspecified atom stereocenters. The first kappa shape index (κ1) is 13.0. The highest BCUT2D eigenvalue weighted by Gasteiger charge is 2.04. The lowest BCUT2D eigenvalue weighted by atomic mass is 9.99. The van der Waals surface area contributed by atoms with E-state index in [9.17, 15) is 4.39 Å². The Morgan fingerprint density at radius 1 is 1.22 bits per heavy atom. The van der Waals surface area contributed by atoms with Crippen LogP contribution in [0.25, 0.3) is 10.8 Å². The first-order valence-electron chi connectivity index (χ1n) is 6.55. The topological polar surface area (TPSA) is 12.0 Å². The van der Waals surface area contributed by atoms with Gasteiger partial charge in [-0.25, -0.2) is 4.39 Å². The monoisotopic (exact) mass is 245 g/mol. The van der Waals surface area contributed by atoms with Crippen molar-refractivity contribution in [3.63, 3.8) is 0 Å². The van der Waals surface area contributed by atoms with Gasteiger partial charge in [-0.1, -0.05) is 24.3 Å². The molecule has 0 heterocycles. The maximum Gasteiger partial charge on any atom is 0.123 e. The third kappa shape index (κ3) is 3.08. The second-order valence-electron chi connectivity index (χ2n) is 4.86. The molecule has 2 aromatic carbocycles. The highest BCUT2D eigenvalue weighted by atomic mass is 19.1. The van der Waals surface area contributed by atoms with E-state index < -0.39 is 0 Å². The molecule has 1 atom stereocenters. The highest BCUT2D eigenvalue weighted by molar-refractivity contribution is 5.85. The van der Waals surface area contributed by atoms with Gasteiger partial charge in [-0.15, -0.1) is 0 Å². The summed E-state index contributed by atoms with van der Waals surface area (Å²) in [4.78, 5) is 0. The number of benzene rings is 2. The van der Waals surface area contributed by atoms with Crippen molar-refractivity contribution in [3.05, 3.63) is 47.8 Å². The van der Waals surface area contributed by atoms with Crippen LogP contribution in [0.4, 0.5) is 4.39 Å². The van der Waals surface area contributed by atoms with Crippen molar-refractivity contribution in [2.75, 3.05) is 7.05 Å². The van der Waals surface area contributed by atoms with E-state index in [1.165, 1.54) is 11.6 Å². The van der Waals surface area contributed by atoms with Crippen molar-refractivity contribution in [2.45, 2.75) is 32.2 Å². The van der Waals surface area contributed by atoms with Gasteiger partial charge in [0, 0.05) is 6.04 Å². The highest BCUT2D eigenvalue weighted by Crippen LogP contribution is 2.21. The molecule has 18 heavy (non-hydrogen) atoms. The van der Waals surface area contributed by atoms with Crippen LogP contribution in [0.3, 0.4) is 0 Å². The molecule has 2 rings (SSSR count). The number of aryl methyl sites for hydroxylation is 1. The van der Waals surface area contributed by atoms with E-state index in [0.717, 1.165) is 30.0 Å². The molecule has 96 valence electrons. The Morgan fingerprint density at radius 3 is 2.83 bits per heavy atom. The van der Waals surface area contributed by atoms with Crippen molar-refractivity contribution in [3.8, 4) is 0 Å². The van der Waals surface area contributed by atoms with Crippen LogP contribution >= 0.6 is 0 Å². The lowest BCUT2D eigenvalue weighted by Crippen LogP contribution is -2.20. The molecule has 0 aliphatic carbocycles. The lowest BCUT2D eigenvalue weighted by molar-refractivity contribution is 0.542. The van der Waals surface area contributed by atoms with Crippen LogP contribution in [0.15, 0.2) is 36.4 Å². The smallest absolute Gasteiger partial charge is 0.123 e. The maximum absolute atomic E-state index is 13.3. The molecule has 0 fully saturated rings. The van der Waals surface area contributed by atoms with Gasteiger partial charge >= 0.3 is 0 Å². The van der Waals surface area contributed by atoms with Gasteiger partial charge in [0.05, 0.1) is 0 Å². The minimum absolute atomic E-state index is 0.154. The normalized spacial score (nSPS) is 12.8. The summed E-state index contributed by atoms with van der Waals surface area (Å²) in [5.74, 6) is -0.154. The Morgan fingerprint density at radius 2 is 2.06 bits per heavy atom. The van der Waals surface area contributed by atoms with Gasteiger partial charge in [-0.05, 0) is 61.7 Å². The van der Waals surface area contributed by atoms with Gasteiger partial charge < -0.3 is 5.32 Å². The van der Waals surface area contributed by atoms with Crippen LogP contribution in [0.1, 0.15) is 25.3 Å². The van der Waals surface area contributed by atoms with Crippen LogP contribution in [-0.2, 0) is 6.42 Å². The molecule has 0 amide bonds. The molecule has 2 aromatic rings. The fourth-order valence-corrected chi connectivity index (χ4v) is 2.27. The average Bonchev–Trinajstić information content (AvgIpc) is 2.39. The average molecular weight is 245 g/mol. The molecule has 1 N–H and O–H groups in total. The SMILES string of the molecule is CNC(C)CCCc1cccc2ccc(F)cc12. The Labute approximate surface area is 108 Å². The van der Waals surface area contributed by atoms with E-state index in [1.54, 1.807) is 6.07 Å². The Hall–Kier alpha value is -1.41. The second kappa shape index (κ2) is 5.96. The molecular weight excluding hydrogens is 225 g/mol. The van der Waals surface area contributed by atoms with E-state index in [4.69, 9.17) is 0 Å². The van der Waals surface area contributed by atoms with Gasteiger partial charge in [-0.2, -0.15) is 0 Å². The molecule has 0 aliphatic rings. The summed E-state index contributed by atoms with van der Waals surface area (Å²) in [6.07, 6.45) is 3.27. The number of rotatable bonds is 5. The summed E-state index contributed by atoms with van der Waals surface area (Å²) >= 11 is 0. The molecule has 0 aliphatic heterocycles. The number of nitrogens with one attached hydrogen (secondary N) is 1. The first-order chi connectivity index (χ1) is 8.70. The molecule has 0 bridgehead atoms. The number of hydrogen-bond acceptors (Lipinski definition) is 1. The fraction of sp³-hybridized carbons (Fsp3) is 0.375. The third-order valence-electron chi connectivity index (χ3n) is 3.51. The largest absolute Gasteiger partial charge is 0.317 e. The van der Waals surface area contributed by atoms with Gasteiger partial charge in [0.1, 0.15) is 5.82 Å². The minimum atomic E-state index is -0.154. The quantitative estimate of drug-likeness (QED) is 0.842. The van der Waals surface area contributed by atoms with Crippen LogP contribution in [0.2, 0.25) is 0 Å². The van der Waals surface area contributed by atoms with E-state index in [1.807, 2.05) is 19.2 Å². The molecule has 0 saturated carbocycles. The predicted molar refractivity (Wildman–Crippen MR) is 75.4 cm³/mol. The summed E-state index contributed by atoms with van der Waals surface area (Å²) in [5, 5.41) is 5.41. The zero-order chi connectivity index (χ0) is 13.0. The van der Waals surface area contributed by atoms with E-state index in [0.29, 0.717) is 6.04 Å². The molecule has 1 nitrogen and oxygen atoms in total. The van der Waals surface area contributed by atoms with Crippen molar-refractivity contribution in [1.29, 1.82) is 0 Å². The van der Waals surface area contributed by atoms with Crippen LogP contribution in [0, 0.1) is 5.82 Å². The standard InChI is InChI=1S/C16H20FN/c1-12(18-2)5-3-6-13-7-4-8-14-9-10-15(17)11-16(13)14/h4,7-12,18H,3,5-6H2,1-2H3. The van der Waals surface area contributed by atoms with E-state index in [2.05, 4.69) is 24.4 Å². The van der Waals surface area contributed by atoms with Gasteiger partial charge in [0.25, 0.3) is 0 Å². The van der Waals surface area contributed by atoms with Crippen molar-refractivity contribution in [2.24, 2.45) is 0 Å². The third-order valence-corrected chi connectivity index (χ3v) is 3.51. The zero-order valence-corrected chi connectivity index (χ0v) is 11.0.